The summed E-state index contributed by atoms with van der Waals surface area (Å²) in [7, 11) is 1.52. The first-order valence-corrected chi connectivity index (χ1v) is 4.77. The molecule has 1 amide bonds. The second-order valence-corrected chi connectivity index (χ2v) is 3.08. The average molecular weight is 223 g/mol. The number of hydrogen-bond donors (Lipinski definition) is 3. The number of anilines is 1. The maximum absolute atomic E-state index is 11.3. The molecule has 6 heteroatoms. The van der Waals surface area contributed by atoms with Crippen molar-refractivity contribution in [2.75, 3.05) is 18.9 Å². The van der Waals surface area contributed by atoms with Crippen LogP contribution in [0, 0.1) is 0 Å². The van der Waals surface area contributed by atoms with E-state index in [0.29, 0.717) is 17.9 Å². The molecule has 0 unspecified atom stereocenters. The normalized spacial score (nSPS) is 9.56. The van der Waals surface area contributed by atoms with Gasteiger partial charge in [0.25, 0.3) is 5.91 Å². The molecule has 0 saturated carbocycles. The Morgan fingerprint density at radius 3 is 2.88 bits per heavy atom. The highest BCUT2D eigenvalue weighted by Gasteiger charge is 2.05. The van der Waals surface area contributed by atoms with Crippen molar-refractivity contribution in [3.8, 4) is 0 Å². The number of carbonyl (C=O) groups is 2. The van der Waals surface area contributed by atoms with Gasteiger partial charge in [0.05, 0.1) is 6.42 Å². The smallest absolute Gasteiger partial charge is 0.305 e. The van der Waals surface area contributed by atoms with Crippen LogP contribution in [0.25, 0.3) is 0 Å². The summed E-state index contributed by atoms with van der Waals surface area (Å²) < 4.78 is 0. The van der Waals surface area contributed by atoms with Gasteiger partial charge in [0.15, 0.2) is 0 Å². The summed E-state index contributed by atoms with van der Waals surface area (Å²) in [5.41, 5.74) is 0.970. The molecule has 0 radical (unpaired) electrons. The molecule has 0 aromatic carbocycles. The maximum atomic E-state index is 11.3. The summed E-state index contributed by atoms with van der Waals surface area (Å²) in [6.45, 7) is 0.312. The van der Waals surface area contributed by atoms with E-state index in [4.69, 9.17) is 5.11 Å². The average Bonchev–Trinajstić information content (AvgIpc) is 2.28. The summed E-state index contributed by atoms with van der Waals surface area (Å²) in [4.78, 5) is 25.4. The fourth-order valence-corrected chi connectivity index (χ4v) is 1.11. The fraction of sp³-hybridized carbons (Fsp3) is 0.300. The van der Waals surface area contributed by atoms with Gasteiger partial charge >= 0.3 is 5.97 Å². The first-order valence-electron chi connectivity index (χ1n) is 4.77. The minimum Gasteiger partial charge on any atom is -0.481 e. The largest absolute Gasteiger partial charge is 0.481 e. The van der Waals surface area contributed by atoms with E-state index in [1.807, 2.05) is 0 Å². The predicted octanol–water partition coefficient (Wildman–Crippen LogP) is 0.328. The Bertz CT molecular complexity index is 393. The summed E-state index contributed by atoms with van der Waals surface area (Å²) >= 11 is 0. The molecule has 1 aromatic heterocycles. The van der Waals surface area contributed by atoms with Crippen LogP contribution >= 0.6 is 0 Å². The SMILES string of the molecule is CNC(=O)c1cc(NCCC(=O)O)ccn1. The quantitative estimate of drug-likeness (QED) is 0.669. The molecule has 1 aromatic rings. The molecule has 0 aliphatic heterocycles. The molecule has 0 spiro atoms. The van der Waals surface area contributed by atoms with E-state index >= 15 is 0 Å². The lowest BCUT2D eigenvalue weighted by Crippen LogP contribution is -2.19. The first kappa shape index (κ1) is 12.0. The molecule has 1 heterocycles. The number of hydrogen-bond acceptors (Lipinski definition) is 4. The van der Waals surface area contributed by atoms with Crippen molar-refractivity contribution in [1.29, 1.82) is 0 Å². The van der Waals surface area contributed by atoms with Gasteiger partial charge in [-0.1, -0.05) is 0 Å². The van der Waals surface area contributed by atoms with Gasteiger partial charge in [0, 0.05) is 25.5 Å². The number of pyridine rings is 1. The van der Waals surface area contributed by atoms with Crippen LogP contribution in [0.3, 0.4) is 0 Å². The first-order chi connectivity index (χ1) is 7.63. The van der Waals surface area contributed by atoms with Crippen molar-refractivity contribution >= 4 is 17.6 Å². The monoisotopic (exact) mass is 223 g/mol. The minimum atomic E-state index is -0.868. The zero-order valence-electron chi connectivity index (χ0n) is 8.86. The van der Waals surface area contributed by atoms with Crippen molar-refractivity contribution in [1.82, 2.24) is 10.3 Å². The summed E-state index contributed by atoms with van der Waals surface area (Å²) in [6, 6.07) is 3.25. The van der Waals surface area contributed by atoms with Crippen LogP contribution in [0.2, 0.25) is 0 Å². The van der Waals surface area contributed by atoms with Gasteiger partial charge in [-0.15, -0.1) is 0 Å². The van der Waals surface area contributed by atoms with Crippen LogP contribution in [-0.4, -0.2) is 35.6 Å². The Balaban J connectivity index is 2.60. The number of nitrogens with one attached hydrogen (secondary N) is 2. The molecule has 86 valence electrons. The standard InChI is InChI=1S/C10H13N3O3/c1-11-10(16)8-6-7(2-4-13-8)12-5-3-9(14)15/h2,4,6H,3,5H2,1H3,(H,11,16)(H,12,13)(H,14,15). The number of carboxylic acid groups (broad SMARTS) is 1. The highest BCUT2D eigenvalue weighted by Crippen LogP contribution is 2.07. The Labute approximate surface area is 92.7 Å². The van der Waals surface area contributed by atoms with Gasteiger partial charge in [-0.2, -0.15) is 0 Å². The van der Waals surface area contributed by atoms with Gasteiger partial charge < -0.3 is 15.7 Å². The molecule has 16 heavy (non-hydrogen) atoms. The number of amides is 1. The molecule has 1 rings (SSSR count). The molecule has 0 aliphatic rings. The highest BCUT2D eigenvalue weighted by molar-refractivity contribution is 5.92. The van der Waals surface area contributed by atoms with Crippen molar-refractivity contribution in [3.63, 3.8) is 0 Å². The Morgan fingerprint density at radius 2 is 2.25 bits per heavy atom. The van der Waals surface area contributed by atoms with E-state index in [9.17, 15) is 9.59 Å². The topological polar surface area (TPSA) is 91.3 Å². The number of nitrogens with zero attached hydrogens (tertiary/aromatic N) is 1. The van der Waals surface area contributed by atoms with Gasteiger partial charge in [-0.05, 0) is 12.1 Å². The van der Waals surface area contributed by atoms with Gasteiger partial charge in [-0.25, -0.2) is 0 Å². The molecule has 0 bridgehead atoms. The number of rotatable bonds is 5. The van der Waals surface area contributed by atoms with Crippen LogP contribution in [0.1, 0.15) is 16.9 Å². The summed E-state index contributed by atoms with van der Waals surface area (Å²) in [6.07, 6.45) is 1.52. The van der Waals surface area contributed by atoms with Gasteiger partial charge in [-0.3, -0.25) is 14.6 Å². The zero-order chi connectivity index (χ0) is 12.0. The summed E-state index contributed by atoms with van der Waals surface area (Å²) in [5, 5.41) is 13.8. The summed E-state index contributed by atoms with van der Waals surface area (Å²) in [5.74, 6) is -1.14. The highest BCUT2D eigenvalue weighted by atomic mass is 16.4. The second-order valence-electron chi connectivity index (χ2n) is 3.08. The van der Waals surface area contributed by atoms with E-state index in [1.54, 1.807) is 12.1 Å². The minimum absolute atomic E-state index is 0.0254. The fourth-order valence-electron chi connectivity index (χ4n) is 1.11. The molecule has 0 fully saturated rings. The van der Waals surface area contributed by atoms with Crippen LogP contribution < -0.4 is 10.6 Å². The van der Waals surface area contributed by atoms with Gasteiger partial charge in [0.2, 0.25) is 0 Å². The Kier molecular flexibility index (Phi) is 4.26. The Morgan fingerprint density at radius 1 is 1.50 bits per heavy atom. The molecule has 0 atom stereocenters. The second kappa shape index (κ2) is 5.69. The maximum Gasteiger partial charge on any atom is 0.305 e. The lowest BCUT2D eigenvalue weighted by Gasteiger charge is -2.05. The molecule has 0 saturated heterocycles. The van der Waals surface area contributed by atoms with E-state index in [1.165, 1.54) is 13.2 Å². The third kappa shape index (κ3) is 3.56. The third-order valence-corrected chi connectivity index (χ3v) is 1.89. The van der Waals surface area contributed by atoms with Crippen LogP contribution in [0.15, 0.2) is 18.3 Å². The third-order valence-electron chi connectivity index (χ3n) is 1.89. The van der Waals surface area contributed by atoms with Crippen molar-refractivity contribution in [2.45, 2.75) is 6.42 Å². The van der Waals surface area contributed by atoms with E-state index in [0.717, 1.165) is 0 Å². The predicted molar refractivity (Wildman–Crippen MR) is 58.4 cm³/mol. The molecular formula is C10H13N3O3. The number of carboxylic acids is 1. The number of carbonyl (C=O) groups excluding carboxylic acids is 1. The Hall–Kier alpha value is -2.11. The van der Waals surface area contributed by atoms with Crippen molar-refractivity contribution in [3.05, 3.63) is 24.0 Å². The van der Waals surface area contributed by atoms with Gasteiger partial charge in [0.1, 0.15) is 5.69 Å². The zero-order valence-corrected chi connectivity index (χ0v) is 8.86. The number of aliphatic carboxylic acids is 1. The van der Waals surface area contributed by atoms with Crippen molar-refractivity contribution in [2.24, 2.45) is 0 Å². The van der Waals surface area contributed by atoms with E-state index in [2.05, 4.69) is 15.6 Å². The lowest BCUT2D eigenvalue weighted by atomic mass is 10.3. The van der Waals surface area contributed by atoms with Crippen LogP contribution in [-0.2, 0) is 4.79 Å². The molecule has 3 N–H and O–H groups in total. The lowest BCUT2D eigenvalue weighted by molar-refractivity contribution is -0.136. The van der Waals surface area contributed by atoms with E-state index < -0.39 is 5.97 Å². The number of aromatic nitrogens is 1. The van der Waals surface area contributed by atoms with Crippen LogP contribution in [0.5, 0.6) is 0 Å². The van der Waals surface area contributed by atoms with E-state index in [-0.39, 0.29) is 12.3 Å². The molecule has 6 nitrogen and oxygen atoms in total. The molecule has 0 aliphatic carbocycles. The molecular weight excluding hydrogens is 210 g/mol. The van der Waals surface area contributed by atoms with Crippen molar-refractivity contribution < 1.29 is 14.7 Å². The van der Waals surface area contributed by atoms with Crippen LogP contribution in [0.4, 0.5) is 5.69 Å².